The number of hydrogen-bond donors (Lipinski definition) is 0. The zero-order valence-corrected chi connectivity index (χ0v) is 17.7. The lowest BCUT2D eigenvalue weighted by Gasteiger charge is -2.10. The van der Waals surface area contributed by atoms with Crippen LogP contribution in [0.25, 0.3) is 0 Å². The third kappa shape index (κ3) is 6.82. The van der Waals surface area contributed by atoms with E-state index in [0.29, 0.717) is 11.5 Å². The van der Waals surface area contributed by atoms with Crippen LogP contribution in [-0.2, 0) is 9.84 Å². The van der Waals surface area contributed by atoms with Crippen molar-refractivity contribution in [3.8, 4) is 17.2 Å². The Morgan fingerprint density at radius 3 is 2.10 bits per heavy atom. The normalized spacial score (nSPS) is 12.2. The van der Waals surface area contributed by atoms with E-state index in [9.17, 15) is 21.6 Å². The molecule has 0 unspecified atom stereocenters. The van der Waals surface area contributed by atoms with Crippen LogP contribution in [0.3, 0.4) is 0 Å². The minimum Gasteiger partial charge on any atom is -0.457 e. The van der Waals surface area contributed by atoms with Gasteiger partial charge in [-0.1, -0.05) is 12.1 Å². The second-order valence-electron chi connectivity index (χ2n) is 5.75. The molecule has 0 saturated heterocycles. The minimum atomic E-state index is -4.76. The second kappa shape index (κ2) is 9.59. The molecule has 1 heterocycles. The maximum atomic E-state index is 12.4. The molecule has 30 heavy (non-hydrogen) atoms. The zero-order valence-electron chi connectivity index (χ0n) is 15.2. The first-order valence-electron chi connectivity index (χ1n) is 8.43. The first kappa shape index (κ1) is 22.3. The van der Waals surface area contributed by atoms with Crippen molar-refractivity contribution >= 4 is 32.9 Å². The monoisotopic (exact) mass is 472 g/mol. The summed E-state index contributed by atoms with van der Waals surface area (Å²) >= 11 is 3.14. The molecule has 2 aromatic carbocycles. The van der Waals surface area contributed by atoms with Crippen LogP contribution in [-0.4, -0.2) is 20.5 Å². The van der Waals surface area contributed by atoms with E-state index in [0.717, 1.165) is 16.3 Å². The Labute approximate surface area is 179 Å². The SMILES string of the molecule is O=S(=O)(/C=C/CSc1cccs1)c1ccc(Oc2ccc(OC(F)(F)F)cc2)cc1. The van der Waals surface area contributed by atoms with Crippen LogP contribution in [0.15, 0.2) is 86.6 Å². The van der Waals surface area contributed by atoms with Gasteiger partial charge in [-0.05, 0) is 60.0 Å². The lowest BCUT2D eigenvalue weighted by atomic mass is 10.3. The van der Waals surface area contributed by atoms with Gasteiger partial charge in [0.1, 0.15) is 17.2 Å². The number of halogens is 3. The highest BCUT2D eigenvalue weighted by atomic mass is 32.2. The van der Waals surface area contributed by atoms with E-state index in [1.807, 2.05) is 17.5 Å². The summed E-state index contributed by atoms with van der Waals surface area (Å²) in [6.07, 6.45) is -3.17. The van der Waals surface area contributed by atoms with Gasteiger partial charge in [-0.2, -0.15) is 0 Å². The molecular weight excluding hydrogens is 457 g/mol. The second-order valence-corrected chi connectivity index (χ2v) is 9.85. The van der Waals surface area contributed by atoms with E-state index in [4.69, 9.17) is 4.74 Å². The molecule has 0 aliphatic heterocycles. The highest BCUT2D eigenvalue weighted by Crippen LogP contribution is 2.28. The molecule has 10 heteroatoms. The molecule has 158 valence electrons. The Morgan fingerprint density at radius 1 is 0.933 bits per heavy atom. The molecule has 4 nitrogen and oxygen atoms in total. The fraction of sp³-hybridized carbons (Fsp3) is 0.100. The van der Waals surface area contributed by atoms with Crippen molar-refractivity contribution in [1.82, 2.24) is 0 Å². The van der Waals surface area contributed by atoms with Gasteiger partial charge < -0.3 is 9.47 Å². The number of thioether (sulfide) groups is 1. The summed E-state index contributed by atoms with van der Waals surface area (Å²) in [5.41, 5.74) is 0. The molecule has 0 fully saturated rings. The van der Waals surface area contributed by atoms with E-state index < -0.39 is 16.2 Å². The lowest BCUT2D eigenvalue weighted by molar-refractivity contribution is -0.274. The van der Waals surface area contributed by atoms with Gasteiger partial charge in [0.2, 0.25) is 0 Å². The summed E-state index contributed by atoms with van der Waals surface area (Å²) in [4.78, 5) is 0.112. The topological polar surface area (TPSA) is 52.6 Å². The first-order valence-corrected chi connectivity index (χ1v) is 11.8. The molecule has 0 radical (unpaired) electrons. The summed E-state index contributed by atoms with van der Waals surface area (Å²) in [6.45, 7) is 0. The van der Waals surface area contributed by atoms with Gasteiger partial charge >= 0.3 is 6.36 Å². The lowest BCUT2D eigenvalue weighted by Crippen LogP contribution is -2.16. The van der Waals surface area contributed by atoms with Crippen molar-refractivity contribution in [3.63, 3.8) is 0 Å². The van der Waals surface area contributed by atoms with Crippen molar-refractivity contribution in [2.45, 2.75) is 15.5 Å². The van der Waals surface area contributed by atoms with E-state index in [2.05, 4.69) is 4.74 Å². The van der Waals surface area contributed by atoms with E-state index >= 15 is 0 Å². The summed E-state index contributed by atoms with van der Waals surface area (Å²) in [6, 6.07) is 14.5. The minimum absolute atomic E-state index is 0.112. The quantitative estimate of drug-likeness (QED) is 0.350. The molecule has 0 N–H and O–H groups in total. The Morgan fingerprint density at radius 2 is 1.53 bits per heavy atom. The third-order valence-electron chi connectivity index (χ3n) is 3.54. The van der Waals surface area contributed by atoms with Gasteiger partial charge in [0.15, 0.2) is 9.84 Å². The molecule has 0 saturated carbocycles. The molecule has 0 spiro atoms. The molecule has 0 aliphatic carbocycles. The van der Waals surface area contributed by atoms with Gasteiger partial charge in [-0.3, -0.25) is 0 Å². The Kier molecular flexibility index (Phi) is 7.11. The van der Waals surface area contributed by atoms with Crippen LogP contribution in [0.4, 0.5) is 13.2 Å². The number of rotatable bonds is 8. The van der Waals surface area contributed by atoms with Gasteiger partial charge in [0, 0.05) is 11.2 Å². The molecule has 1 aromatic heterocycles. The van der Waals surface area contributed by atoms with Gasteiger partial charge in [-0.25, -0.2) is 8.42 Å². The van der Waals surface area contributed by atoms with Crippen molar-refractivity contribution < 1.29 is 31.1 Å². The number of alkyl halides is 3. The van der Waals surface area contributed by atoms with Crippen molar-refractivity contribution in [3.05, 3.63) is 77.5 Å². The maximum Gasteiger partial charge on any atom is 0.573 e. The predicted octanol–water partition coefficient (Wildman–Crippen LogP) is 6.52. The number of hydrogen-bond acceptors (Lipinski definition) is 6. The van der Waals surface area contributed by atoms with Gasteiger partial charge in [-0.15, -0.1) is 36.3 Å². The molecule has 3 rings (SSSR count). The standard InChI is InChI=1S/C20H15F3O4S3/c21-20(22,23)27-17-6-4-15(5-7-17)26-16-8-10-18(11-9-16)30(24,25)14-2-13-29-19-3-1-12-28-19/h1-12,14H,13H2/b14-2+. The van der Waals surface area contributed by atoms with Crippen LogP contribution < -0.4 is 9.47 Å². The van der Waals surface area contributed by atoms with Crippen LogP contribution in [0.5, 0.6) is 17.2 Å². The van der Waals surface area contributed by atoms with Crippen LogP contribution in [0.2, 0.25) is 0 Å². The average Bonchev–Trinajstić information content (AvgIpc) is 3.20. The van der Waals surface area contributed by atoms with Crippen molar-refractivity contribution in [2.24, 2.45) is 0 Å². The highest BCUT2D eigenvalue weighted by molar-refractivity contribution is 8.01. The largest absolute Gasteiger partial charge is 0.573 e. The predicted molar refractivity (Wildman–Crippen MR) is 111 cm³/mol. The smallest absolute Gasteiger partial charge is 0.457 e. The zero-order chi connectivity index (χ0) is 21.6. The average molecular weight is 473 g/mol. The summed E-state index contributed by atoms with van der Waals surface area (Å²) in [5.74, 6) is 0.802. The third-order valence-corrected chi connectivity index (χ3v) is 7.10. The van der Waals surface area contributed by atoms with Gasteiger partial charge in [0.25, 0.3) is 0 Å². The van der Waals surface area contributed by atoms with Crippen molar-refractivity contribution in [1.29, 1.82) is 0 Å². The van der Waals surface area contributed by atoms with Crippen LogP contribution in [0, 0.1) is 0 Å². The fourth-order valence-corrected chi connectivity index (χ4v) is 5.03. The molecule has 3 aromatic rings. The Hall–Kier alpha value is -2.43. The fourth-order valence-electron chi connectivity index (χ4n) is 2.26. The van der Waals surface area contributed by atoms with Gasteiger partial charge in [0.05, 0.1) is 9.10 Å². The van der Waals surface area contributed by atoms with E-state index in [1.54, 1.807) is 29.2 Å². The first-order chi connectivity index (χ1) is 14.2. The summed E-state index contributed by atoms with van der Waals surface area (Å²) in [5, 5.41) is 3.12. The van der Waals surface area contributed by atoms with Crippen LogP contribution >= 0.6 is 23.1 Å². The number of sulfone groups is 1. The molecule has 0 bridgehead atoms. The molecule has 0 aliphatic rings. The van der Waals surface area contributed by atoms with E-state index in [-0.39, 0.29) is 16.4 Å². The number of ether oxygens (including phenoxy) is 2. The summed E-state index contributed by atoms with van der Waals surface area (Å²) in [7, 11) is -3.58. The number of thiophene rings is 1. The Balaban J connectivity index is 1.58. The summed E-state index contributed by atoms with van der Waals surface area (Å²) < 4.78 is 71.7. The van der Waals surface area contributed by atoms with Crippen molar-refractivity contribution in [2.75, 3.05) is 5.75 Å². The van der Waals surface area contributed by atoms with E-state index in [1.165, 1.54) is 41.8 Å². The molecular formula is C20H15F3O4S3. The number of benzene rings is 2. The highest BCUT2D eigenvalue weighted by Gasteiger charge is 2.30. The Bertz CT molecular complexity index is 1070. The molecule has 0 atom stereocenters. The maximum absolute atomic E-state index is 12.4. The van der Waals surface area contributed by atoms with Crippen LogP contribution in [0.1, 0.15) is 0 Å². The molecule has 0 amide bonds.